The molecule has 0 spiro atoms. The lowest BCUT2D eigenvalue weighted by Crippen LogP contribution is -2.38. The van der Waals surface area contributed by atoms with E-state index in [4.69, 9.17) is 4.74 Å². The van der Waals surface area contributed by atoms with Crippen molar-refractivity contribution in [3.8, 4) is 5.75 Å². The van der Waals surface area contributed by atoms with Crippen LogP contribution < -0.4 is 10.1 Å². The number of rotatable bonds is 7. The third kappa shape index (κ3) is 2.89. The van der Waals surface area contributed by atoms with Crippen LogP contribution in [0.15, 0.2) is 54.6 Å². The van der Waals surface area contributed by atoms with E-state index in [-0.39, 0.29) is 5.97 Å². The lowest BCUT2D eigenvalue weighted by molar-refractivity contribution is -0.137. The van der Waals surface area contributed by atoms with E-state index in [9.17, 15) is 4.79 Å². The molecule has 0 radical (unpaired) electrons. The first-order chi connectivity index (χ1) is 11.3. The van der Waals surface area contributed by atoms with Crippen LogP contribution in [0.1, 0.15) is 37.3 Å². The molecule has 1 heterocycles. The van der Waals surface area contributed by atoms with Crippen molar-refractivity contribution in [3.05, 3.63) is 65.7 Å². The molecule has 0 amide bonds. The average molecular weight is 309 g/mol. The molecule has 3 heteroatoms. The van der Waals surface area contributed by atoms with Gasteiger partial charge in [0.25, 0.3) is 0 Å². The van der Waals surface area contributed by atoms with E-state index < -0.39 is 5.41 Å². The maximum Gasteiger partial charge on any atom is 0.326 e. The summed E-state index contributed by atoms with van der Waals surface area (Å²) >= 11 is 0. The van der Waals surface area contributed by atoms with E-state index in [0.717, 1.165) is 30.6 Å². The highest BCUT2D eigenvalue weighted by atomic mass is 16.5. The molecule has 0 aliphatic carbocycles. The third-order valence-corrected chi connectivity index (χ3v) is 4.55. The van der Waals surface area contributed by atoms with Gasteiger partial charge in [0.05, 0.1) is 0 Å². The second-order valence-corrected chi connectivity index (χ2v) is 6.01. The van der Waals surface area contributed by atoms with Crippen molar-refractivity contribution in [2.75, 3.05) is 13.1 Å². The standard InChI is InChI=1S/C20H23NO2/c1-2-3-14-21-15-13-20(16-9-5-4-6-10-16)17-11-7-8-12-18(17)23-19(20)22/h4-12,21H,2-3,13-15H2,1H3/t20-/m1/s1. The Morgan fingerprint density at radius 1 is 1.00 bits per heavy atom. The van der Waals surface area contributed by atoms with Gasteiger partial charge in [0.1, 0.15) is 11.2 Å². The van der Waals surface area contributed by atoms with Crippen molar-refractivity contribution in [2.24, 2.45) is 0 Å². The van der Waals surface area contributed by atoms with Crippen molar-refractivity contribution in [1.82, 2.24) is 5.32 Å². The molecule has 23 heavy (non-hydrogen) atoms. The summed E-state index contributed by atoms with van der Waals surface area (Å²) in [6, 6.07) is 17.8. The van der Waals surface area contributed by atoms with Gasteiger partial charge in [0.2, 0.25) is 0 Å². The highest BCUT2D eigenvalue weighted by molar-refractivity contribution is 5.94. The second-order valence-electron chi connectivity index (χ2n) is 6.01. The van der Waals surface area contributed by atoms with Crippen molar-refractivity contribution >= 4 is 5.97 Å². The molecule has 2 aromatic carbocycles. The molecular formula is C20H23NO2. The molecular weight excluding hydrogens is 286 g/mol. The normalized spacial score (nSPS) is 19.4. The van der Waals surface area contributed by atoms with Gasteiger partial charge >= 0.3 is 5.97 Å². The summed E-state index contributed by atoms with van der Waals surface area (Å²) < 4.78 is 5.59. The number of para-hydroxylation sites is 1. The van der Waals surface area contributed by atoms with E-state index in [1.165, 1.54) is 6.42 Å². The van der Waals surface area contributed by atoms with Gasteiger partial charge in [-0.25, -0.2) is 0 Å². The number of esters is 1. The molecule has 0 fully saturated rings. The molecule has 1 N–H and O–H groups in total. The Bertz CT molecular complexity index is 668. The quantitative estimate of drug-likeness (QED) is 0.482. The fourth-order valence-electron chi connectivity index (χ4n) is 3.28. The molecule has 0 bridgehead atoms. The summed E-state index contributed by atoms with van der Waals surface area (Å²) in [7, 11) is 0. The maximum absolute atomic E-state index is 12.8. The summed E-state index contributed by atoms with van der Waals surface area (Å²) in [5.74, 6) is 0.525. The van der Waals surface area contributed by atoms with Gasteiger partial charge < -0.3 is 10.1 Å². The number of hydrogen-bond acceptors (Lipinski definition) is 3. The number of benzene rings is 2. The molecule has 0 aromatic heterocycles. The lowest BCUT2D eigenvalue weighted by Gasteiger charge is -2.27. The summed E-state index contributed by atoms with van der Waals surface area (Å²) in [6.45, 7) is 3.95. The second kappa shape index (κ2) is 6.97. The van der Waals surface area contributed by atoms with Gasteiger partial charge in [0, 0.05) is 5.56 Å². The minimum atomic E-state index is -0.697. The summed E-state index contributed by atoms with van der Waals surface area (Å²) in [5, 5.41) is 3.45. The molecule has 0 unspecified atom stereocenters. The van der Waals surface area contributed by atoms with Gasteiger partial charge in [-0.1, -0.05) is 61.9 Å². The predicted molar refractivity (Wildman–Crippen MR) is 91.7 cm³/mol. The zero-order valence-electron chi connectivity index (χ0n) is 13.5. The van der Waals surface area contributed by atoms with Crippen LogP contribution in [0.25, 0.3) is 0 Å². The number of carbonyl (C=O) groups is 1. The summed E-state index contributed by atoms with van der Waals surface area (Å²) in [6.07, 6.45) is 3.03. The fourth-order valence-corrected chi connectivity index (χ4v) is 3.28. The minimum absolute atomic E-state index is 0.165. The van der Waals surface area contributed by atoms with E-state index >= 15 is 0 Å². The molecule has 0 saturated heterocycles. The van der Waals surface area contributed by atoms with Crippen molar-refractivity contribution in [1.29, 1.82) is 0 Å². The predicted octanol–water partition coefficient (Wildman–Crippen LogP) is 3.67. The summed E-state index contributed by atoms with van der Waals surface area (Å²) in [4.78, 5) is 12.8. The highest BCUT2D eigenvalue weighted by Gasteiger charge is 2.49. The SMILES string of the molecule is CCCCNCC[C@]1(c2ccccc2)C(=O)Oc2ccccc21. The monoisotopic (exact) mass is 309 g/mol. The molecule has 1 aliphatic rings. The van der Waals surface area contributed by atoms with Crippen LogP contribution in [0.4, 0.5) is 0 Å². The number of carbonyl (C=O) groups excluding carboxylic acids is 1. The molecule has 2 aromatic rings. The number of hydrogen-bond donors (Lipinski definition) is 1. The Morgan fingerprint density at radius 3 is 2.52 bits per heavy atom. The van der Waals surface area contributed by atoms with Crippen LogP contribution in [0.2, 0.25) is 0 Å². The highest BCUT2D eigenvalue weighted by Crippen LogP contribution is 2.46. The zero-order valence-corrected chi connectivity index (χ0v) is 13.5. The first kappa shape index (κ1) is 15.8. The van der Waals surface area contributed by atoms with Crippen LogP contribution >= 0.6 is 0 Å². The van der Waals surface area contributed by atoms with E-state index in [1.807, 2.05) is 54.6 Å². The molecule has 1 atom stereocenters. The number of unbranched alkanes of at least 4 members (excludes halogenated alkanes) is 1. The minimum Gasteiger partial charge on any atom is -0.425 e. The Morgan fingerprint density at radius 2 is 1.74 bits per heavy atom. The Labute approximate surface area is 137 Å². The number of nitrogens with one attached hydrogen (secondary N) is 1. The number of ether oxygens (including phenoxy) is 1. The molecule has 3 rings (SSSR count). The van der Waals surface area contributed by atoms with Gasteiger partial charge in [0.15, 0.2) is 0 Å². The molecule has 3 nitrogen and oxygen atoms in total. The Kier molecular flexibility index (Phi) is 4.77. The van der Waals surface area contributed by atoms with Crippen molar-refractivity contribution in [2.45, 2.75) is 31.6 Å². The number of fused-ring (bicyclic) bond motifs is 1. The Hall–Kier alpha value is -2.13. The fraction of sp³-hybridized carbons (Fsp3) is 0.350. The van der Waals surface area contributed by atoms with Crippen molar-refractivity contribution in [3.63, 3.8) is 0 Å². The third-order valence-electron chi connectivity index (χ3n) is 4.55. The molecule has 0 saturated carbocycles. The summed E-state index contributed by atoms with van der Waals surface area (Å²) in [5.41, 5.74) is 1.29. The van der Waals surface area contributed by atoms with Crippen LogP contribution in [0.5, 0.6) is 5.75 Å². The Balaban J connectivity index is 1.94. The largest absolute Gasteiger partial charge is 0.425 e. The van der Waals surface area contributed by atoms with Crippen LogP contribution in [0.3, 0.4) is 0 Å². The van der Waals surface area contributed by atoms with Gasteiger partial charge in [-0.05, 0) is 37.6 Å². The van der Waals surface area contributed by atoms with Gasteiger partial charge in [-0.15, -0.1) is 0 Å². The van der Waals surface area contributed by atoms with Crippen LogP contribution in [0, 0.1) is 0 Å². The smallest absolute Gasteiger partial charge is 0.326 e. The van der Waals surface area contributed by atoms with Gasteiger partial charge in [-0.2, -0.15) is 0 Å². The van der Waals surface area contributed by atoms with E-state index in [1.54, 1.807) is 0 Å². The maximum atomic E-state index is 12.8. The first-order valence-corrected chi connectivity index (χ1v) is 8.37. The average Bonchev–Trinajstić information content (AvgIpc) is 2.88. The molecule has 1 aliphatic heterocycles. The van der Waals surface area contributed by atoms with Crippen LogP contribution in [-0.2, 0) is 10.2 Å². The van der Waals surface area contributed by atoms with E-state index in [2.05, 4.69) is 12.2 Å². The van der Waals surface area contributed by atoms with Gasteiger partial charge in [-0.3, -0.25) is 4.79 Å². The zero-order chi connectivity index (χ0) is 16.1. The van der Waals surface area contributed by atoms with E-state index in [0.29, 0.717) is 12.2 Å². The van der Waals surface area contributed by atoms with Crippen molar-refractivity contribution < 1.29 is 9.53 Å². The lowest BCUT2D eigenvalue weighted by atomic mass is 9.73. The van der Waals surface area contributed by atoms with Crippen LogP contribution in [-0.4, -0.2) is 19.1 Å². The topological polar surface area (TPSA) is 38.3 Å². The first-order valence-electron chi connectivity index (χ1n) is 8.37. The molecule has 120 valence electrons.